The van der Waals surface area contributed by atoms with Crippen molar-refractivity contribution in [2.45, 2.75) is 38.1 Å². The van der Waals surface area contributed by atoms with Crippen molar-refractivity contribution < 1.29 is 9.53 Å². The third kappa shape index (κ3) is 5.03. The third-order valence-electron chi connectivity index (χ3n) is 4.43. The first-order valence-corrected chi connectivity index (χ1v) is 8.54. The Hall–Kier alpha value is -0.400. The standard InChI is InChI=1S/C15H23N3O2S.2ClH/c1-20-10-15(4-6-16-7-5-15)14(19)17-8-13-18-12(9-21-13)11-2-3-11;;/h9,11,16H,2-8,10H2,1H3,(H,17,19);2*1H. The van der Waals surface area contributed by atoms with Crippen molar-refractivity contribution in [1.82, 2.24) is 15.6 Å². The summed E-state index contributed by atoms with van der Waals surface area (Å²) in [6, 6.07) is 0. The third-order valence-corrected chi connectivity index (χ3v) is 5.30. The van der Waals surface area contributed by atoms with Gasteiger partial charge < -0.3 is 15.4 Å². The summed E-state index contributed by atoms with van der Waals surface area (Å²) in [5.74, 6) is 0.781. The molecule has 1 amide bonds. The predicted octanol–water partition coefficient (Wildman–Crippen LogP) is 2.50. The van der Waals surface area contributed by atoms with Crippen LogP contribution < -0.4 is 10.6 Å². The molecule has 2 N–H and O–H groups in total. The largest absolute Gasteiger partial charge is 0.384 e. The molecule has 1 aromatic rings. The summed E-state index contributed by atoms with van der Waals surface area (Å²) < 4.78 is 5.30. The Kier molecular flexibility index (Phi) is 8.24. The van der Waals surface area contributed by atoms with Gasteiger partial charge in [-0.15, -0.1) is 36.2 Å². The lowest BCUT2D eigenvalue weighted by Gasteiger charge is -2.35. The van der Waals surface area contributed by atoms with Gasteiger partial charge in [-0.1, -0.05) is 0 Å². The molecule has 0 bridgehead atoms. The number of ether oxygens (including phenoxy) is 1. The van der Waals surface area contributed by atoms with Crippen LogP contribution in [0, 0.1) is 5.41 Å². The van der Waals surface area contributed by atoms with Crippen molar-refractivity contribution in [3.8, 4) is 0 Å². The molecule has 1 aliphatic heterocycles. The second kappa shape index (κ2) is 9.18. The molecule has 3 rings (SSSR count). The lowest BCUT2D eigenvalue weighted by Crippen LogP contribution is -2.49. The SMILES string of the molecule is COCC1(C(=O)NCc2nc(C3CC3)cs2)CCNCC1.Cl.Cl. The number of methoxy groups -OCH3 is 1. The molecular formula is C15H25Cl2N3O2S. The summed E-state index contributed by atoms with van der Waals surface area (Å²) in [6.07, 6.45) is 4.19. The molecule has 23 heavy (non-hydrogen) atoms. The number of hydrogen-bond acceptors (Lipinski definition) is 5. The maximum atomic E-state index is 12.6. The van der Waals surface area contributed by atoms with Crippen LogP contribution in [0.2, 0.25) is 0 Å². The van der Waals surface area contributed by atoms with E-state index in [4.69, 9.17) is 4.74 Å². The van der Waals surface area contributed by atoms with Crippen LogP contribution in [0.4, 0.5) is 0 Å². The molecule has 0 atom stereocenters. The molecule has 1 saturated heterocycles. The number of carbonyl (C=O) groups excluding carboxylic acids is 1. The van der Waals surface area contributed by atoms with Crippen LogP contribution in [-0.2, 0) is 16.1 Å². The maximum Gasteiger partial charge on any atom is 0.228 e. The number of piperidine rings is 1. The van der Waals surface area contributed by atoms with E-state index in [-0.39, 0.29) is 36.1 Å². The van der Waals surface area contributed by atoms with E-state index in [1.165, 1.54) is 18.5 Å². The monoisotopic (exact) mass is 381 g/mol. The highest BCUT2D eigenvalue weighted by Crippen LogP contribution is 2.40. The average molecular weight is 382 g/mol. The Bertz CT molecular complexity index is 497. The van der Waals surface area contributed by atoms with Crippen LogP contribution in [0.25, 0.3) is 0 Å². The molecule has 5 nitrogen and oxygen atoms in total. The van der Waals surface area contributed by atoms with Gasteiger partial charge in [0.25, 0.3) is 0 Å². The first-order chi connectivity index (χ1) is 10.2. The first-order valence-electron chi connectivity index (χ1n) is 7.66. The summed E-state index contributed by atoms with van der Waals surface area (Å²) in [5, 5.41) is 9.51. The molecule has 0 spiro atoms. The van der Waals surface area contributed by atoms with Crippen LogP contribution in [0.1, 0.15) is 42.3 Å². The molecular weight excluding hydrogens is 357 g/mol. The van der Waals surface area contributed by atoms with E-state index in [0.717, 1.165) is 30.9 Å². The molecule has 132 valence electrons. The maximum absolute atomic E-state index is 12.6. The Morgan fingerprint density at radius 1 is 1.43 bits per heavy atom. The highest BCUT2D eigenvalue weighted by atomic mass is 35.5. The van der Waals surface area contributed by atoms with Gasteiger partial charge in [0.1, 0.15) is 5.01 Å². The van der Waals surface area contributed by atoms with Crippen molar-refractivity contribution in [3.63, 3.8) is 0 Å². The van der Waals surface area contributed by atoms with E-state index >= 15 is 0 Å². The van der Waals surface area contributed by atoms with Gasteiger partial charge in [0, 0.05) is 18.4 Å². The fourth-order valence-electron chi connectivity index (χ4n) is 2.93. The minimum absolute atomic E-state index is 0. The van der Waals surface area contributed by atoms with Crippen LogP contribution in [0.5, 0.6) is 0 Å². The highest BCUT2D eigenvalue weighted by Gasteiger charge is 2.39. The van der Waals surface area contributed by atoms with E-state index < -0.39 is 0 Å². The number of hydrogen-bond donors (Lipinski definition) is 2. The average Bonchev–Trinajstić information content (AvgIpc) is 3.25. The molecule has 1 aromatic heterocycles. The quantitative estimate of drug-likeness (QED) is 0.794. The Morgan fingerprint density at radius 2 is 2.13 bits per heavy atom. The summed E-state index contributed by atoms with van der Waals surface area (Å²) >= 11 is 1.65. The van der Waals surface area contributed by atoms with E-state index in [2.05, 4.69) is 21.0 Å². The summed E-state index contributed by atoms with van der Waals surface area (Å²) in [4.78, 5) is 17.2. The van der Waals surface area contributed by atoms with Gasteiger partial charge in [-0.2, -0.15) is 0 Å². The van der Waals surface area contributed by atoms with Crippen molar-refractivity contribution in [1.29, 1.82) is 0 Å². The Labute approximate surface area is 153 Å². The first kappa shape index (κ1) is 20.6. The number of nitrogens with zero attached hydrogens (tertiary/aromatic N) is 1. The number of aromatic nitrogens is 1. The van der Waals surface area contributed by atoms with Gasteiger partial charge in [-0.25, -0.2) is 4.98 Å². The number of rotatable bonds is 6. The lowest BCUT2D eigenvalue weighted by atomic mass is 9.78. The zero-order valence-corrected chi connectivity index (χ0v) is 15.7. The van der Waals surface area contributed by atoms with E-state index in [1.54, 1.807) is 18.4 Å². The number of halogens is 2. The van der Waals surface area contributed by atoms with Crippen LogP contribution in [-0.4, -0.2) is 37.7 Å². The lowest BCUT2D eigenvalue weighted by molar-refractivity contribution is -0.136. The molecule has 8 heteroatoms. The van der Waals surface area contributed by atoms with Gasteiger partial charge >= 0.3 is 0 Å². The smallest absolute Gasteiger partial charge is 0.228 e. The van der Waals surface area contributed by atoms with Gasteiger partial charge in [0.15, 0.2) is 0 Å². The summed E-state index contributed by atoms with van der Waals surface area (Å²) in [6.45, 7) is 2.78. The molecule has 0 unspecified atom stereocenters. The minimum atomic E-state index is -0.378. The van der Waals surface area contributed by atoms with Crippen molar-refractivity contribution in [3.05, 3.63) is 16.1 Å². The van der Waals surface area contributed by atoms with Crippen molar-refractivity contribution >= 4 is 42.1 Å². The van der Waals surface area contributed by atoms with Gasteiger partial charge in [0.2, 0.25) is 5.91 Å². The molecule has 2 fully saturated rings. The molecule has 1 saturated carbocycles. The van der Waals surface area contributed by atoms with Crippen LogP contribution in [0.15, 0.2) is 5.38 Å². The highest BCUT2D eigenvalue weighted by molar-refractivity contribution is 7.09. The normalized spacial score (nSPS) is 19.3. The Morgan fingerprint density at radius 3 is 2.74 bits per heavy atom. The second-order valence-corrected chi connectivity index (χ2v) is 7.03. The van der Waals surface area contributed by atoms with Gasteiger partial charge in [-0.05, 0) is 38.8 Å². The molecule has 1 aliphatic carbocycles. The van der Waals surface area contributed by atoms with E-state index in [9.17, 15) is 4.79 Å². The number of carbonyl (C=O) groups is 1. The van der Waals surface area contributed by atoms with Gasteiger partial charge in [0.05, 0.1) is 24.3 Å². The van der Waals surface area contributed by atoms with E-state index in [0.29, 0.717) is 19.1 Å². The minimum Gasteiger partial charge on any atom is -0.384 e. The number of amides is 1. The predicted molar refractivity (Wildman–Crippen MR) is 96.8 cm³/mol. The zero-order chi connectivity index (χ0) is 14.7. The summed E-state index contributed by atoms with van der Waals surface area (Å²) in [5.41, 5.74) is 0.828. The fraction of sp³-hybridized carbons (Fsp3) is 0.733. The summed E-state index contributed by atoms with van der Waals surface area (Å²) in [7, 11) is 1.67. The van der Waals surface area contributed by atoms with Crippen LogP contribution >= 0.6 is 36.2 Å². The van der Waals surface area contributed by atoms with E-state index in [1.807, 2.05) is 0 Å². The molecule has 2 aliphatic rings. The molecule has 2 heterocycles. The van der Waals surface area contributed by atoms with Gasteiger partial charge in [-0.3, -0.25) is 4.79 Å². The molecule has 0 aromatic carbocycles. The fourth-order valence-corrected chi connectivity index (χ4v) is 3.75. The Balaban J connectivity index is 0.00000132. The second-order valence-electron chi connectivity index (χ2n) is 6.09. The van der Waals surface area contributed by atoms with Crippen molar-refractivity contribution in [2.75, 3.05) is 26.8 Å². The topological polar surface area (TPSA) is 63.2 Å². The van der Waals surface area contributed by atoms with Crippen molar-refractivity contribution in [2.24, 2.45) is 5.41 Å². The van der Waals surface area contributed by atoms with Crippen LogP contribution in [0.3, 0.4) is 0 Å². The number of thiazole rings is 1. The number of nitrogens with one attached hydrogen (secondary N) is 2. The molecule has 0 radical (unpaired) electrons. The zero-order valence-electron chi connectivity index (χ0n) is 13.3.